The van der Waals surface area contributed by atoms with E-state index in [1.807, 2.05) is 32.0 Å². The van der Waals surface area contributed by atoms with Gasteiger partial charge in [-0.3, -0.25) is 4.98 Å². The average molecular weight is 308 g/mol. The van der Waals surface area contributed by atoms with E-state index >= 15 is 0 Å². The van der Waals surface area contributed by atoms with Crippen LogP contribution in [-0.2, 0) is 0 Å². The molecule has 0 radical (unpaired) electrons. The summed E-state index contributed by atoms with van der Waals surface area (Å²) in [6.07, 6.45) is 0. The second kappa shape index (κ2) is 6.17. The number of rotatable bonds is 2. The van der Waals surface area contributed by atoms with E-state index in [0.29, 0.717) is 5.56 Å². The third-order valence-corrected chi connectivity index (χ3v) is 4.23. The van der Waals surface area contributed by atoms with E-state index in [-0.39, 0.29) is 5.75 Å². The van der Waals surface area contributed by atoms with E-state index in [1.165, 1.54) is 0 Å². The molecule has 118 valence electrons. The quantitative estimate of drug-likeness (QED) is 0.924. The molecule has 5 heteroatoms. The molecule has 1 N–H and O–H groups in total. The van der Waals surface area contributed by atoms with Crippen molar-refractivity contribution in [3.63, 3.8) is 0 Å². The molecule has 0 spiro atoms. The highest BCUT2D eigenvalue weighted by Crippen LogP contribution is 2.26. The Bertz CT molecular complexity index is 758. The normalized spacial score (nSPS) is 14.7. The van der Waals surface area contributed by atoms with Gasteiger partial charge in [-0.05, 0) is 32.0 Å². The van der Waals surface area contributed by atoms with Crippen LogP contribution in [0.2, 0.25) is 0 Å². The molecule has 2 heterocycles. The van der Waals surface area contributed by atoms with Gasteiger partial charge >= 0.3 is 0 Å². The molecule has 1 saturated heterocycles. The molecule has 1 aliphatic rings. The van der Waals surface area contributed by atoms with Crippen LogP contribution in [0, 0.1) is 25.2 Å². The van der Waals surface area contributed by atoms with Crippen LogP contribution < -0.4 is 9.80 Å². The molecule has 2 aromatic rings. The summed E-state index contributed by atoms with van der Waals surface area (Å²) in [4.78, 5) is 8.89. The Hall–Kier alpha value is -2.74. The van der Waals surface area contributed by atoms with Gasteiger partial charge in [0.05, 0.1) is 16.9 Å². The molecule has 0 aliphatic carbocycles. The van der Waals surface area contributed by atoms with Crippen molar-refractivity contribution in [3.8, 4) is 11.8 Å². The largest absolute Gasteiger partial charge is 0.508 e. The number of pyridine rings is 1. The van der Waals surface area contributed by atoms with Gasteiger partial charge in [-0.2, -0.15) is 5.26 Å². The number of phenols is 1. The fourth-order valence-corrected chi connectivity index (χ4v) is 3.09. The summed E-state index contributed by atoms with van der Waals surface area (Å²) in [5.74, 6) is 0.289. The summed E-state index contributed by atoms with van der Waals surface area (Å²) in [6, 6.07) is 11.6. The number of nitriles is 1. The Morgan fingerprint density at radius 1 is 1.09 bits per heavy atom. The highest BCUT2D eigenvalue weighted by molar-refractivity contribution is 5.63. The lowest BCUT2D eigenvalue weighted by Crippen LogP contribution is -2.46. The van der Waals surface area contributed by atoms with Crippen LogP contribution in [-0.4, -0.2) is 36.3 Å². The summed E-state index contributed by atoms with van der Waals surface area (Å²) >= 11 is 0. The van der Waals surface area contributed by atoms with E-state index in [0.717, 1.165) is 48.9 Å². The fraction of sp³-hybridized carbons (Fsp3) is 0.333. The van der Waals surface area contributed by atoms with Crippen LogP contribution in [0.3, 0.4) is 0 Å². The van der Waals surface area contributed by atoms with Crippen LogP contribution in [0.4, 0.5) is 11.4 Å². The van der Waals surface area contributed by atoms with E-state index in [1.54, 1.807) is 12.1 Å². The number of phenolic OH excluding ortho intramolecular Hbond substituents is 1. The SMILES string of the molecule is Cc1cc(N2CCN(c3cccc(O)c3)CC2)c(C#N)c(C)n1. The number of aryl methyl sites for hydroxylation is 2. The number of anilines is 2. The summed E-state index contributed by atoms with van der Waals surface area (Å²) in [6.45, 7) is 7.24. The van der Waals surface area contributed by atoms with Gasteiger partial charge in [0.25, 0.3) is 0 Å². The van der Waals surface area contributed by atoms with Gasteiger partial charge in [0, 0.05) is 43.6 Å². The van der Waals surface area contributed by atoms with Crippen molar-refractivity contribution in [2.45, 2.75) is 13.8 Å². The third kappa shape index (κ3) is 3.07. The van der Waals surface area contributed by atoms with E-state index < -0.39 is 0 Å². The van der Waals surface area contributed by atoms with Crippen molar-refractivity contribution in [1.82, 2.24) is 4.98 Å². The lowest BCUT2D eigenvalue weighted by Gasteiger charge is -2.38. The molecule has 5 nitrogen and oxygen atoms in total. The lowest BCUT2D eigenvalue weighted by atomic mass is 10.1. The Morgan fingerprint density at radius 3 is 2.43 bits per heavy atom. The summed E-state index contributed by atoms with van der Waals surface area (Å²) in [5, 5.41) is 19.0. The van der Waals surface area contributed by atoms with E-state index in [2.05, 4.69) is 20.9 Å². The Labute approximate surface area is 136 Å². The van der Waals surface area contributed by atoms with Gasteiger partial charge in [-0.25, -0.2) is 0 Å². The molecule has 0 bridgehead atoms. The molecule has 23 heavy (non-hydrogen) atoms. The Kier molecular flexibility index (Phi) is 4.07. The predicted octanol–water partition coefficient (Wildman–Crippen LogP) is 2.60. The standard InChI is InChI=1S/C18H20N4O/c1-13-10-18(17(12-19)14(2)20-13)22-8-6-21(7-9-22)15-4-3-5-16(23)11-15/h3-5,10-11,23H,6-9H2,1-2H3. The van der Waals surface area contributed by atoms with Crippen LogP contribution in [0.5, 0.6) is 5.75 Å². The molecule has 1 aliphatic heterocycles. The Balaban J connectivity index is 1.79. The topological polar surface area (TPSA) is 63.4 Å². The first-order valence-corrected chi connectivity index (χ1v) is 7.76. The Morgan fingerprint density at radius 2 is 1.78 bits per heavy atom. The number of aromatic nitrogens is 1. The van der Waals surface area contributed by atoms with Crippen LogP contribution in [0.15, 0.2) is 30.3 Å². The fourth-order valence-electron chi connectivity index (χ4n) is 3.09. The van der Waals surface area contributed by atoms with Gasteiger partial charge in [-0.15, -0.1) is 0 Å². The molecule has 3 rings (SSSR count). The minimum absolute atomic E-state index is 0.289. The van der Waals surface area contributed by atoms with Crippen molar-refractivity contribution < 1.29 is 5.11 Å². The zero-order valence-electron chi connectivity index (χ0n) is 13.5. The minimum atomic E-state index is 0.289. The highest BCUT2D eigenvalue weighted by atomic mass is 16.3. The van der Waals surface area contributed by atoms with Gasteiger partial charge in [0.1, 0.15) is 11.8 Å². The summed E-state index contributed by atoms with van der Waals surface area (Å²) < 4.78 is 0. The van der Waals surface area contributed by atoms with Crippen molar-refractivity contribution >= 4 is 11.4 Å². The number of benzene rings is 1. The zero-order valence-corrected chi connectivity index (χ0v) is 13.5. The first-order chi connectivity index (χ1) is 11.1. The van der Waals surface area contributed by atoms with Crippen molar-refractivity contribution in [2.75, 3.05) is 36.0 Å². The smallest absolute Gasteiger partial charge is 0.117 e. The first-order valence-electron chi connectivity index (χ1n) is 7.76. The van der Waals surface area contributed by atoms with Gasteiger partial charge < -0.3 is 14.9 Å². The molecule has 1 aromatic carbocycles. The van der Waals surface area contributed by atoms with Gasteiger partial charge in [-0.1, -0.05) is 6.07 Å². The van der Waals surface area contributed by atoms with Crippen LogP contribution in [0.25, 0.3) is 0 Å². The number of nitrogens with zero attached hydrogens (tertiary/aromatic N) is 4. The maximum atomic E-state index is 9.62. The van der Waals surface area contributed by atoms with Crippen LogP contribution >= 0.6 is 0 Å². The summed E-state index contributed by atoms with van der Waals surface area (Å²) in [7, 11) is 0. The molecular weight excluding hydrogens is 288 g/mol. The monoisotopic (exact) mass is 308 g/mol. The van der Waals surface area contributed by atoms with Gasteiger partial charge in [0.2, 0.25) is 0 Å². The average Bonchev–Trinajstić information content (AvgIpc) is 2.54. The molecule has 0 amide bonds. The lowest BCUT2D eigenvalue weighted by molar-refractivity contribution is 0.475. The van der Waals surface area contributed by atoms with Crippen LogP contribution in [0.1, 0.15) is 17.0 Å². The maximum absolute atomic E-state index is 9.62. The van der Waals surface area contributed by atoms with Crippen molar-refractivity contribution in [1.29, 1.82) is 5.26 Å². The first kappa shape index (κ1) is 15.2. The summed E-state index contributed by atoms with van der Waals surface area (Å²) in [5.41, 5.74) is 4.41. The molecule has 1 aromatic heterocycles. The second-order valence-corrected chi connectivity index (χ2v) is 5.85. The molecule has 1 fully saturated rings. The van der Waals surface area contributed by atoms with E-state index in [4.69, 9.17) is 0 Å². The maximum Gasteiger partial charge on any atom is 0.117 e. The minimum Gasteiger partial charge on any atom is -0.508 e. The van der Waals surface area contributed by atoms with Gasteiger partial charge in [0.15, 0.2) is 0 Å². The predicted molar refractivity (Wildman–Crippen MR) is 91.0 cm³/mol. The van der Waals surface area contributed by atoms with Crippen molar-refractivity contribution in [2.24, 2.45) is 0 Å². The third-order valence-electron chi connectivity index (χ3n) is 4.23. The van der Waals surface area contributed by atoms with Crippen molar-refractivity contribution in [3.05, 3.63) is 47.3 Å². The molecular formula is C18H20N4O. The molecule has 0 atom stereocenters. The number of hydrogen-bond acceptors (Lipinski definition) is 5. The molecule has 0 unspecified atom stereocenters. The van der Waals surface area contributed by atoms with E-state index in [9.17, 15) is 10.4 Å². The molecule has 0 saturated carbocycles. The number of hydrogen-bond donors (Lipinski definition) is 1. The highest BCUT2D eigenvalue weighted by Gasteiger charge is 2.21. The zero-order chi connectivity index (χ0) is 16.4. The number of piperazine rings is 1. The second-order valence-electron chi connectivity index (χ2n) is 5.85. The number of aromatic hydroxyl groups is 1.